The molecule has 0 saturated carbocycles. The molecule has 0 radical (unpaired) electrons. The van der Waals surface area contributed by atoms with Crippen LogP contribution in [0.15, 0.2) is 0 Å². The third kappa shape index (κ3) is 5.70. The minimum atomic E-state index is -1.29. The van der Waals surface area contributed by atoms with Crippen LogP contribution in [-0.2, 0) is 14.3 Å². The summed E-state index contributed by atoms with van der Waals surface area (Å²) in [5.74, 6) is -0.801. The fraction of sp³-hybridized carbons (Fsp3) is 0.800. The number of Topliss-reactive ketones (excluding diaryl/α,β-unsaturated/α-hetero) is 1. The van der Waals surface area contributed by atoms with E-state index in [1.807, 2.05) is 6.92 Å². The molecule has 0 aliphatic rings. The molecule has 1 N–H and O–H groups in total. The van der Waals surface area contributed by atoms with Gasteiger partial charge >= 0.3 is 5.97 Å². The topological polar surface area (TPSA) is 63.6 Å². The van der Waals surface area contributed by atoms with Crippen molar-refractivity contribution in [1.29, 1.82) is 0 Å². The molecule has 0 spiro atoms. The van der Waals surface area contributed by atoms with Crippen LogP contribution in [0, 0.1) is 0 Å². The summed E-state index contributed by atoms with van der Waals surface area (Å²) in [5, 5.41) is 9.22. The van der Waals surface area contributed by atoms with Crippen LogP contribution in [0.2, 0.25) is 0 Å². The van der Waals surface area contributed by atoms with Gasteiger partial charge in [-0.1, -0.05) is 13.3 Å². The molecule has 0 bridgehead atoms. The summed E-state index contributed by atoms with van der Waals surface area (Å²) in [5.41, 5.74) is 0. The van der Waals surface area contributed by atoms with Crippen LogP contribution in [-0.4, -0.2) is 29.6 Å². The number of rotatable bonds is 7. The lowest BCUT2D eigenvalue weighted by Crippen LogP contribution is -2.25. The Morgan fingerprint density at radius 2 is 2.00 bits per heavy atom. The molecule has 0 heterocycles. The fourth-order valence-corrected chi connectivity index (χ4v) is 1.01. The Bertz CT molecular complexity index is 189. The van der Waals surface area contributed by atoms with Crippen molar-refractivity contribution in [3.05, 3.63) is 0 Å². The monoisotopic (exact) mass is 202 g/mol. The second kappa shape index (κ2) is 7.50. The lowest BCUT2D eigenvalue weighted by Gasteiger charge is -2.08. The van der Waals surface area contributed by atoms with Crippen molar-refractivity contribution in [2.45, 2.75) is 45.6 Å². The number of aliphatic hydroxyl groups excluding tert-OH is 1. The molecule has 0 aromatic rings. The van der Waals surface area contributed by atoms with Crippen molar-refractivity contribution in [2.75, 3.05) is 6.61 Å². The predicted octanol–water partition coefficient (Wildman–Crippen LogP) is 1.06. The first-order valence-corrected chi connectivity index (χ1v) is 4.98. The second-order valence-corrected chi connectivity index (χ2v) is 3.11. The maximum absolute atomic E-state index is 11.2. The van der Waals surface area contributed by atoms with E-state index in [0.717, 1.165) is 12.8 Å². The normalized spacial score (nSPS) is 12.2. The minimum absolute atomic E-state index is 0.0904. The Labute approximate surface area is 84.3 Å². The molecule has 1 atom stereocenters. The summed E-state index contributed by atoms with van der Waals surface area (Å²) in [6.07, 6.45) is 0.737. The zero-order valence-corrected chi connectivity index (χ0v) is 8.78. The third-order valence-electron chi connectivity index (χ3n) is 1.79. The van der Waals surface area contributed by atoms with Crippen LogP contribution in [0.3, 0.4) is 0 Å². The van der Waals surface area contributed by atoms with Crippen LogP contribution in [0.1, 0.15) is 39.5 Å². The molecular weight excluding hydrogens is 184 g/mol. The van der Waals surface area contributed by atoms with Crippen molar-refractivity contribution < 1.29 is 19.4 Å². The van der Waals surface area contributed by atoms with E-state index in [9.17, 15) is 14.7 Å². The standard InChI is InChI=1S/C10H18O4/c1-3-5-6-8(11)7-9(12)10(13)14-4-2/h9,12H,3-7H2,1-2H3. The maximum atomic E-state index is 11.2. The van der Waals surface area contributed by atoms with Crippen LogP contribution >= 0.6 is 0 Å². The van der Waals surface area contributed by atoms with Gasteiger partial charge in [0.15, 0.2) is 6.10 Å². The van der Waals surface area contributed by atoms with Crippen LogP contribution < -0.4 is 0 Å². The van der Waals surface area contributed by atoms with Crippen molar-refractivity contribution in [2.24, 2.45) is 0 Å². The highest BCUT2D eigenvalue weighted by Gasteiger charge is 2.19. The SMILES string of the molecule is CCCCC(=O)CC(O)C(=O)OCC. The molecule has 0 saturated heterocycles. The molecule has 0 amide bonds. The van der Waals surface area contributed by atoms with Crippen LogP contribution in [0.5, 0.6) is 0 Å². The highest BCUT2D eigenvalue weighted by atomic mass is 16.5. The van der Waals surface area contributed by atoms with E-state index in [1.54, 1.807) is 6.92 Å². The number of hydrogen-bond donors (Lipinski definition) is 1. The molecule has 0 aromatic heterocycles. The molecule has 0 aliphatic heterocycles. The van der Waals surface area contributed by atoms with Gasteiger partial charge in [-0.3, -0.25) is 4.79 Å². The number of esters is 1. The van der Waals surface area contributed by atoms with Gasteiger partial charge in [-0.05, 0) is 13.3 Å². The molecule has 14 heavy (non-hydrogen) atoms. The van der Waals surface area contributed by atoms with Crippen LogP contribution in [0.25, 0.3) is 0 Å². The van der Waals surface area contributed by atoms with Gasteiger partial charge in [0, 0.05) is 12.8 Å². The van der Waals surface area contributed by atoms with Crippen molar-refractivity contribution in [3.63, 3.8) is 0 Å². The van der Waals surface area contributed by atoms with Gasteiger partial charge < -0.3 is 9.84 Å². The van der Waals surface area contributed by atoms with Crippen molar-refractivity contribution in [1.82, 2.24) is 0 Å². The number of carbonyl (C=O) groups is 2. The first-order chi connectivity index (χ1) is 6.61. The minimum Gasteiger partial charge on any atom is -0.464 e. The van der Waals surface area contributed by atoms with E-state index in [-0.39, 0.29) is 18.8 Å². The Balaban J connectivity index is 3.75. The van der Waals surface area contributed by atoms with Gasteiger partial charge in [-0.25, -0.2) is 4.79 Å². The van der Waals surface area contributed by atoms with Gasteiger partial charge in [0.1, 0.15) is 5.78 Å². The lowest BCUT2D eigenvalue weighted by molar-refractivity contribution is -0.154. The molecule has 4 nitrogen and oxygen atoms in total. The molecule has 0 aromatic carbocycles. The van der Waals surface area contributed by atoms with Gasteiger partial charge in [-0.2, -0.15) is 0 Å². The number of ketones is 1. The predicted molar refractivity (Wildman–Crippen MR) is 51.8 cm³/mol. The lowest BCUT2D eigenvalue weighted by atomic mass is 10.1. The Kier molecular flexibility index (Phi) is 7.02. The van der Waals surface area contributed by atoms with E-state index in [2.05, 4.69) is 4.74 Å². The highest BCUT2D eigenvalue weighted by Crippen LogP contribution is 2.03. The Morgan fingerprint density at radius 3 is 2.50 bits per heavy atom. The zero-order chi connectivity index (χ0) is 11.0. The smallest absolute Gasteiger partial charge is 0.335 e. The van der Waals surface area contributed by atoms with Crippen molar-refractivity contribution >= 4 is 11.8 Å². The van der Waals surface area contributed by atoms with E-state index >= 15 is 0 Å². The summed E-state index contributed by atoms with van der Waals surface area (Å²) in [6, 6.07) is 0. The zero-order valence-electron chi connectivity index (χ0n) is 8.78. The van der Waals surface area contributed by atoms with Crippen LogP contribution in [0.4, 0.5) is 0 Å². The first kappa shape index (κ1) is 13.1. The fourth-order valence-electron chi connectivity index (χ4n) is 1.01. The molecule has 0 aliphatic carbocycles. The third-order valence-corrected chi connectivity index (χ3v) is 1.79. The van der Waals surface area contributed by atoms with E-state index in [0.29, 0.717) is 6.42 Å². The maximum Gasteiger partial charge on any atom is 0.335 e. The number of carbonyl (C=O) groups excluding carboxylic acids is 2. The van der Waals surface area contributed by atoms with E-state index in [4.69, 9.17) is 0 Å². The molecular formula is C10H18O4. The van der Waals surface area contributed by atoms with Gasteiger partial charge in [0.25, 0.3) is 0 Å². The largest absolute Gasteiger partial charge is 0.464 e. The molecule has 82 valence electrons. The van der Waals surface area contributed by atoms with E-state index in [1.165, 1.54) is 0 Å². The molecule has 0 fully saturated rings. The average molecular weight is 202 g/mol. The average Bonchev–Trinajstić information content (AvgIpc) is 2.15. The summed E-state index contributed by atoms with van der Waals surface area (Å²) >= 11 is 0. The van der Waals surface area contributed by atoms with Crippen molar-refractivity contribution in [3.8, 4) is 0 Å². The Hall–Kier alpha value is -0.900. The highest BCUT2D eigenvalue weighted by molar-refractivity contribution is 5.85. The molecule has 4 heteroatoms. The van der Waals surface area contributed by atoms with Gasteiger partial charge in [0.2, 0.25) is 0 Å². The quantitative estimate of drug-likeness (QED) is 0.627. The first-order valence-electron chi connectivity index (χ1n) is 4.98. The van der Waals surface area contributed by atoms with Gasteiger partial charge in [0.05, 0.1) is 6.61 Å². The number of hydrogen-bond acceptors (Lipinski definition) is 4. The summed E-state index contributed by atoms with van der Waals surface area (Å²) in [7, 11) is 0. The summed E-state index contributed by atoms with van der Waals surface area (Å²) in [6.45, 7) is 3.86. The van der Waals surface area contributed by atoms with E-state index < -0.39 is 12.1 Å². The number of ether oxygens (including phenoxy) is 1. The summed E-state index contributed by atoms with van der Waals surface area (Å²) in [4.78, 5) is 22.1. The molecule has 0 rings (SSSR count). The number of unbranched alkanes of at least 4 members (excludes halogenated alkanes) is 1. The summed E-state index contributed by atoms with van der Waals surface area (Å²) < 4.78 is 4.57. The van der Waals surface area contributed by atoms with Gasteiger partial charge in [-0.15, -0.1) is 0 Å². The molecule has 1 unspecified atom stereocenters. The number of aliphatic hydroxyl groups is 1. The second-order valence-electron chi connectivity index (χ2n) is 3.11. The Morgan fingerprint density at radius 1 is 1.36 bits per heavy atom.